The third kappa shape index (κ3) is 3.60. The fourth-order valence-corrected chi connectivity index (χ4v) is 3.75. The molecule has 0 unspecified atom stereocenters. The summed E-state index contributed by atoms with van der Waals surface area (Å²) < 4.78 is 13.0. The van der Waals surface area contributed by atoms with Crippen LogP contribution in [-0.4, -0.2) is 40.2 Å². The Morgan fingerprint density at radius 1 is 1.27 bits per heavy atom. The van der Waals surface area contributed by atoms with Crippen molar-refractivity contribution in [1.29, 1.82) is 0 Å². The maximum atomic E-state index is 13.0. The van der Waals surface area contributed by atoms with E-state index in [0.717, 1.165) is 36.6 Å². The molecule has 1 amide bonds. The number of aromatic amines is 1. The maximum Gasteiger partial charge on any atom is 0.269 e. The number of H-pyrrole nitrogens is 1. The molecular weight excluding hydrogens is 353 g/mol. The van der Waals surface area contributed by atoms with Gasteiger partial charge in [-0.2, -0.15) is 5.10 Å². The van der Waals surface area contributed by atoms with Crippen LogP contribution in [0.15, 0.2) is 41.9 Å². The number of anilines is 1. The maximum absolute atomic E-state index is 13.0. The van der Waals surface area contributed by atoms with Crippen molar-refractivity contribution in [3.63, 3.8) is 0 Å². The quantitative estimate of drug-likeness (QED) is 0.739. The highest BCUT2D eigenvalue weighted by Crippen LogP contribution is 2.22. The Labute approximate surface area is 154 Å². The molecule has 0 spiro atoms. The normalized spacial score (nSPS) is 15.2. The number of nitrogens with zero attached hydrogens (tertiary/aromatic N) is 3. The smallest absolute Gasteiger partial charge is 0.269 e. The van der Waals surface area contributed by atoms with Crippen LogP contribution in [0.25, 0.3) is 11.3 Å². The molecule has 0 saturated carbocycles. The van der Waals surface area contributed by atoms with E-state index in [0.29, 0.717) is 11.4 Å². The Morgan fingerprint density at radius 2 is 2.04 bits per heavy atom. The topological polar surface area (TPSA) is 73.9 Å². The van der Waals surface area contributed by atoms with E-state index in [9.17, 15) is 9.18 Å². The van der Waals surface area contributed by atoms with Crippen LogP contribution in [0.3, 0.4) is 0 Å². The largest absolute Gasteiger partial charge is 0.348 e. The summed E-state index contributed by atoms with van der Waals surface area (Å²) in [5.41, 5.74) is 1.79. The molecular formula is C18H18FN5OS. The summed E-state index contributed by atoms with van der Waals surface area (Å²) in [4.78, 5) is 19.0. The Morgan fingerprint density at radius 3 is 2.73 bits per heavy atom. The molecule has 6 nitrogen and oxygen atoms in total. The molecule has 2 aromatic heterocycles. The van der Waals surface area contributed by atoms with E-state index in [1.165, 1.54) is 12.1 Å². The molecule has 0 atom stereocenters. The zero-order valence-corrected chi connectivity index (χ0v) is 14.8. The summed E-state index contributed by atoms with van der Waals surface area (Å²) in [6.45, 7) is 1.75. The Bertz CT molecular complexity index is 869. The van der Waals surface area contributed by atoms with Crippen LogP contribution in [0.1, 0.15) is 23.3 Å². The number of piperidine rings is 1. The minimum Gasteiger partial charge on any atom is -0.348 e. The van der Waals surface area contributed by atoms with E-state index in [2.05, 4.69) is 25.4 Å². The highest BCUT2D eigenvalue weighted by atomic mass is 32.1. The van der Waals surface area contributed by atoms with Crippen molar-refractivity contribution in [3.8, 4) is 11.3 Å². The number of nitrogens with one attached hydrogen (secondary N) is 2. The van der Waals surface area contributed by atoms with Crippen LogP contribution < -0.4 is 10.2 Å². The van der Waals surface area contributed by atoms with E-state index in [4.69, 9.17) is 0 Å². The standard InChI is InChI=1S/C18H18FN5OS/c19-13-3-1-12(2-4-13)15-11-16(23-22-15)17(25)21-14-5-8-24(9-6-14)18-20-7-10-26-18/h1-4,7,10-11,14H,5-6,8-9H2,(H,21,25)(H,22,23). The van der Waals surface area contributed by atoms with Crippen LogP contribution in [0.2, 0.25) is 0 Å². The lowest BCUT2D eigenvalue weighted by molar-refractivity contribution is 0.0926. The monoisotopic (exact) mass is 371 g/mol. The number of carbonyl (C=O) groups is 1. The lowest BCUT2D eigenvalue weighted by atomic mass is 10.1. The van der Waals surface area contributed by atoms with Gasteiger partial charge in [-0.15, -0.1) is 11.3 Å². The summed E-state index contributed by atoms with van der Waals surface area (Å²) in [5.74, 6) is -0.468. The summed E-state index contributed by atoms with van der Waals surface area (Å²) in [6, 6.07) is 7.85. The van der Waals surface area contributed by atoms with Gasteiger partial charge < -0.3 is 10.2 Å². The first kappa shape index (κ1) is 16.7. The van der Waals surface area contributed by atoms with Crippen LogP contribution in [0.5, 0.6) is 0 Å². The van der Waals surface area contributed by atoms with Crippen molar-refractivity contribution in [2.45, 2.75) is 18.9 Å². The molecule has 1 fully saturated rings. The Hall–Kier alpha value is -2.74. The molecule has 4 rings (SSSR count). The summed E-state index contributed by atoms with van der Waals surface area (Å²) in [7, 11) is 0. The Kier molecular flexibility index (Phi) is 4.66. The molecule has 0 radical (unpaired) electrons. The molecule has 1 aliphatic rings. The fraction of sp³-hybridized carbons (Fsp3) is 0.278. The van der Waals surface area contributed by atoms with Gasteiger partial charge in [0.1, 0.15) is 11.5 Å². The zero-order valence-electron chi connectivity index (χ0n) is 14.0. The van der Waals surface area contributed by atoms with E-state index < -0.39 is 0 Å². The number of hydrogen-bond donors (Lipinski definition) is 2. The zero-order chi connectivity index (χ0) is 17.9. The number of thiazole rings is 1. The highest BCUT2D eigenvalue weighted by Gasteiger charge is 2.23. The molecule has 1 aliphatic heterocycles. The van der Waals surface area contributed by atoms with Crippen LogP contribution in [0, 0.1) is 5.82 Å². The predicted octanol–water partition coefficient (Wildman–Crippen LogP) is 3.07. The lowest BCUT2D eigenvalue weighted by Gasteiger charge is -2.32. The summed E-state index contributed by atoms with van der Waals surface area (Å²) >= 11 is 1.63. The van der Waals surface area contributed by atoms with Crippen molar-refractivity contribution in [1.82, 2.24) is 20.5 Å². The van der Waals surface area contributed by atoms with E-state index >= 15 is 0 Å². The average molecular weight is 371 g/mol. The second-order valence-electron chi connectivity index (χ2n) is 6.22. The molecule has 0 bridgehead atoms. The van der Waals surface area contributed by atoms with Gasteiger partial charge in [0.15, 0.2) is 5.13 Å². The number of halogens is 1. The van der Waals surface area contributed by atoms with Crippen molar-refractivity contribution < 1.29 is 9.18 Å². The number of rotatable bonds is 4. The average Bonchev–Trinajstić information content (AvgIpc) is 3.35. The van der Waals surface area contributed by atoms with Gasteiger partial charge in [0, 0.05) is 36.3 Å². The second-order valence-corrected chi connectivity index (χ2v) is 7.10. The summed E-state index contributed by atoms with van der Waals surface area (Å²) in [6.07, 6.45) is 3.57. The molecule has 2 N–H and O–H groups in total. The number of aromatic nitrogens is 3. The lowest BCUT2D eigenvalue weighted by Crippen LogP contribution is -2.44. The molecule has 134 valence electrons. The first-order chi connectivity index (χ1) is 12.7. The number of carbonyl (C=O) groups excluding carboxylic acids is 1. The third-order valence-corrected chi connectivity index (χ3v) is 5.31. The van der Waals surface area contributed by atoms with Crippen molar-refractivity contribution >= 4 is 22.4 Å². The fourth-order valence-electron chi connectivity index (χ4n) is 3.06. The van der Waals surface area contributed by atoms with Crippen LogP contribution in [-0.2, 0) is 0 Å². The molecule has 8 heteroatoms. The van der Waals surface area contributed by atoms with E-state index in [1.807, 2.05) is 11.6 Å². The second kappa shape index (κ2) is 7.25. The van der Waals surface area contributed by atoms with Gasteiger partial charge in [0.05, 0.1) is 5.69 Å². The first-order valence-corrected chi connectivity index (χ1v) is 9.33. The van der Waals surface area contributed by atoms with Crippen molar-refractivity contribution in [2.24, 2.45) is 0 Å². The molecule has 3 heterocycles. The van der Waals surface area contributed by atoms with Gasteiger partial charge in [0.25, 0.3) is 5.91 Å². The molecule has 0 aliphatic carbocycles. The van der Waals surface area contributed by atoms with E-state index in [-0.39, 0.29) is 17.8 Å². The SMILES string of the molecule is O=C(NC1CCN(c2nccs2)CC1)c1cc(-c2ccc(F)cc2)n[nH]1. The minimum atomic E-state index is -0.300. The molecule has 1 saturated heterocycles. The van der Waals surface area contributed by atoms with Gasteiger partial charge in [-0.1, -0.05) is 0 Å². The van der Waals surface area contributed by atoms with Crippen LogP contribution >= 0.6 is 11.3 Å². The van der Waals surface area contributed by atoms with Crippen molar-refractivity contribution in [3.05, 3.63) is 53.4 Å². The van der Waals surface area contributed by atoms with Crippen LogP contribution in [0.4, 0.5) is 9.52 Å². The number of hydrogen-bond acceptors (Lipinski definition) is 5. The van der Waals surface area contributed by atoms with Gasteiger partial charge >= 0.3 is 0 Å². The molecule has 26 heavy (non-hydrogen) atoms. The number of amides is 1. The molecule has 3 aromatic rings. The van der Waals surface area contributed by atoms with Crippen molar-refractivity contribution in [2.75, 3.05) is 18.0 Å². The van der Waals surface area contributed by atoms with Gasteiger partial charge in [0.2, 0.25) is 0 Å². The Balaban J connectivity index is 1.35. The summed E-state index contributed by atoms with van der Waals surface area (Å²) in [5, 5.41) is 13.0. The highest BCUT2D eigenvalue weighted by molar-refractivity contribution is 7.13. The minimum absolute atomic E-state index is 0.135. The van der Waals surface area contributed by atoms with Gasteiger partial charge in [-0.05, 0) is 43.2 Å². The van der Waals surface area contributed by atoms with E-state index in [1.54, 1.807) is 29.5 Å². The number of benzene rings is 1. The van der Waals surface area contributed by atoms with Gasteiger partial charge in [-0.25, -0.2) is 9.37 Å². The third-order valence-electron chi connectivity index (χ3n) is 4.48. The predicted molar refractivity (Wildman–Crippen MR) is 98.8 cm³/mol. The first-order valence-electron chi connectivity index (χ1n) is 8.46. The van der Waals surface area contributed by atoms with Gasteiger partial charge in [-0.3, -0.25) is 9.89 Å². The molecule has 1 aromatic carbocycles.